The van der Waals surface area contributed by atoms with Crippen LogP contribution in [0.3, 0.4) is 0 Å². The van der Waals surface area contributed by atoms with E-state index in [1.165, 1.54) is 4.90 Å². The minimum absolute atomic E-state index is 0.0245. The molecule has 2 aromatic carbocycles. The van der Waals surface area contributed by atoms with E-state index in [9.17, 15) is 14.4 Å². The van der Waals surface area contributed by atoms with E-state index in [0.717, 1.165) is 11.4 Å². The first-order valence-electron chi connectivity index (χ1n) is 9.04. The van der Waals surface area contributed by atoms with Crippen LogP contribution in [0, 0.1) is 0 Å². The Morgan fingerprint density at radius 3 is 2.04 bits per heavy atom. The maximum Gasteiger partial charge on any atom is 0.261 e. The summed E-state index contributed by atoms with van der Waals surface area (Å²) < 4.78 is 0. The number of amides is 3. The number of rotatable bonds is 4. The molecule has 0 spiro atoms. The van der Waals surface area contributed by atoms with Gasteiger partial charge in [0, 0.05) is 13.1 Å². The summed E-state index contributed by atoms with van der Waals surface area (Å²) in [5, 5.41) is 3.26. The molecule has 4 rings (SSSR count). The molecule has 0 aliphatic carbocycles. The van der Waals surface area contributed by atoms with Crippen LogP contribution in [0.15, 0.2) is 48.5 Å². The fourth-order valence-corrected chi connectivity index (χ4v) is 3.70. The quantitative estimate of drug-likeness (QED) is 0.848. The fraction of sp³-hybridized carbons (Fsp3) is 0.286. The molecule has 0 unspecified atom stereocenters. The number of hydrogen-bond donors (Lipinski definition) is 1. The number of hydrogen-bond acceptors (Lipinski definition) is 4. The van der Waals surface area contributed by atoms with Crippen LogP contribution in [0.4, 0.5) is 11.4 Å². The summed E-state index contributed by atoms with van der Waals surface area (Å²) in [6, 6.07) is 14.5. The largest absolute Gasteiger partial charge is 0.370 e. The molecule has 0 saturated carbocycles. The van der Waals surface area contributed by atoms with Gasteiger partial charge in [0.05, 0.1) is 22.5 Å². The number of nitrogens with zero attached hydrogens (tertiary/aromatic N) is 2. The first-order chi connectivity index (χ1) is 12.9. The third kappa shape index (κ3) is 2.77. The lowest BCUT2D eigenvalue weighted by Gasteiger charge is -2.40. The van der Waals surface area contributed by atoms with Crippen LogP contribution >= 0.6 is 0 Å². The monoisotopic (exact) mass is 363 g/mol. The van der Waals surface area contributed by atoms with Gasteiger partial charge < -0.3 is 10.2 Å². The van der Waals surface area contributed by atoms with Crippen molar-refractivity contribution in [2.45, 2.75) is 25.8 Å². The summed E-state index contributed by atoms with van der Waals surface area (Å²) in [4.78, 5) is 40.8. The zero-order chi connectivity index (χ0) is 19.2. The summed E-state index contributed by atoms with van der Waals surface area (Å²) in [7, 11) is 0. The van der Waals surface area contributed by atoms with Gasteiger partial charge in [0.2, 0.25) is 0 Å². The second-order valence-corrected chi connectivity index (χ2v) is 7.39. The van der Waals surface area contributed by atoms with Gasteiger partial charge in [0.25, 0.3) is 17.7 Å². The number of nitrogens with one attached hydrogen (secondary N) is 1. The Morgan fingerprint density at radius 1 is 0.815 bits per heavy atom. The molecule has 27 heavy (non-hydrogen) atoms. The zero-order valence-corrected chi connectivity index (χ0v) is 15.4. The molecule has 138 valence electrons. The van der Waals surface area contributed by atoms with Gasteiger partial charge in [-0.25, -0.2) is 0 Å². The van der Waals surface area contributed by atoms with E-state index >= 15 is 0 Å². The Kier molecular flexibility index (Phi) is 3.98. The lowest BCUT2D eigenvalue weighted by molar-refractivity contribution is -0.122. The molecule has 0 bridgehead atoms. The van der Waals surface area contributed by atoms with Crippen molar-refractivity contribution >= 4 is 29.1 Å². The number of imide groups is 1. The molecule has 2 aromatic rings. The molecule has 3 amide bonds. The molecule has 6 heteroatoms. The molecule has 0 fully saturated rings. The van der Waals surface area contributed by atoms with E-state index in [2.05, 4.69) is 5.32 Å². The Hall–Kier alpha value is -3.15. The number of carbonyl (C=O) groups excluding carboxylic acids is 3. The molecular formula is C21H21N3O3. The minimum atomic E-state index is -0.704. The van der Waals surface area contributed by atoms with Gasteiger partial charge in [-0.3, -0.25) is 19.3 Å². The highest BCUT2D eigenvalue weighted by Gasteiger charge is 2.39. The van der Waals surface area contributed by atoms with Gasteiger partial charge >= 0.3 is 0 Å². The van der Waals surface area contributed by atoms with Crippen molar-refractivity contribution in [2.24, 2.45) is 0 Å². The molecule has 2 aliphatic heterocycles. The lowest BCUT2D eigenvalue weighted by atomic mass is 9.98. The Bertz CT molecular complexity index is 916. The molecular weight excluding hydrogens is 342 g/mol. The van der Waals surface area contributed by atoms with E-state index in [4.69, 9.17) is 0 Å². The summed E-state index contributed by atoms with van der Waals surface area (Å²) in [5.74, 6) is -0.547. The van der Waals surface area contributed by atoms with Gasteiger partial charge in [-0.2, -0.15) is 0 Å². The molecule has 0 radical (unpaired) electrons. The van der Waals surface area contributed by atoms with Crippen molar-refractivity contribution in [3.05, 3.63) is 59.7 Å². The van der Waals surface area contributed by atoms with Crippen molar-refractivity contribution < 1.29 is 14.4 Å². The van der Waals surface area contributed by atoms with Crippen LogP contribution in [0.2, 0.25) is 0 Å². The van der Waals surface area contributed by atoms with Crippen LogP contribution in [-0.2, 0) is 4.79 Å². The minimum Gasteiger partial charge on any atom is -0.370 e. The Balaban J connectivity index is 1.49. The summed E-state index contributed by atoms with van der Waals surface area (Å²) in [5.41, 5.74) is 1.93. The highest BCUT2D eigenvalue weighted by atomic mass is 16.2. The zero-order valence-electron chi connectivity index (χ0n) is 15.4. The van der Waals surface area contributed by atoms with Crippen LogP contribution in [0.5, 0.6) is 0 Å². The fourth-order valence-electron chi connectivity index (χ4n) is 3.70. The number of carbonyl (C=O) groups is 3. The smallest absolute Gasteiger partial charge is 0.261 e. The Morgan fingerprint density at radius 2 is 1.37 bits per heavy atom. The third-order valence-corrected chi connectivity index (χ3v) is 5.06. The average molecular weight is 363 g/mol. The van der Waals surface area contributed by atoms with Crippen LogP contribution in [0.1, 0.15) is 41.0 Å². The van der Waals surface area contributed by atoms with Gasteiger partial charge in [-0.15, -0.1) is 0 Å². The van der Waals surface area contributed by atoms with Gasteiger partial charge in [-0.05, 0) is 44.5 Å². The molecule has 0 saturated heterocycles. The van der Waals surface area contributed by atoms with Crippen LogP contribution in [-0.4, -0.2) is 41.2 Å². The van der Waals surface area contributed by atoms with E-state index in [1.807, 2.05) is 38.1 Å². The first-order valence-corrected chi connectivity index (χ1v) is 9.04. The lowest BCUT2D eigenvalue weighted by Crippen LogP contribution is -2.54. The van der Waals surface area contributed by atoms with Crippen LogP contribution < -0.4 is 10.2 Å². The number of para-hydroxylation sites is 2. The van der Waals surface area contributed by atoms with Gasteiger partial charge in [-0.1, -0.05) is 24.3 Å². The van der Waals surface area contributed by atoms with Crippen molar-refractivity contribution in [1.29, 1.82) is 0 Å². The van der Waals surface area contributed by atoms with Gasteiger partial charge in [0.1, 0.15) is 5.54 Å². The maximum atomic E-state index is 12.9. The molecule has 0 aromatic heterocycles. The number of benzene rings is 2. The maximum absolute atomic E-state index is 12.9. The van der Waals surface area contributed by atoms with Crippen molar-refractivity contribution in [3.8, 4) is 0 Å². The van der Waals surface area contributed by atoms with Crippen LogP contribution in [0.25, 0.3) is 0 Å². The molecule has 1 N–H and O–H groups in total. The predicted molar refractivity (Wildman–Crippen MR) is 103 cm³/mol. The number of fused-ring (bicyclic) bond motifs is 2. The standard InChI is InChI=1S/C21H21N3O3/c1-21(2)20(27)23(17-11-6-5-10-16(17)22-21)12-7-13-24-18(25)14-8-3-4-9-15(14)19(24)26/h3-6,8-11,22H,7,12-13H2,1-2H3. The van der Waals surface area contributed by atoms with E-state index in [1.54, 1.807) is 29.2 Å². The van der Waals surface area contributed by atoms with Crippen molar-refractivity contribution in [1.82, 2.24) is 4.90 Å². The first kappa shape index (κ1) is 17.3. The van der Waals surface area contributed by atoms with Crippen molar-refractivity contribution in [3.63, 3.8) is 0 Å². The molecule has 2 aliphatic rings. The van der Waals surface area contributed by atoms with E-state index in [-0.39, 0.29) is 24.3 Å². The Labute approximate surface area is 157 Å². The predicted octanol–water partition coefficient (Wildman–Crippen LogP) is 2.91. The summed E-state index contributed by atoms with van der Waals surface area (Å²) >= 11 is 0. The van der Waals surface area contributed by atoms with Crippen molar-refractivity contribution in [2.75, 3.05) is 23.3 Å². The second kappa shape index (κ2) is 6.23. The molecule has 6 nitrogen and oxygen atoms in total. The van der Waals surface area contributed by atoms with E-state index in [0.29, 0.717) is 24.1 Å². The molecule has 2 heterocycles. The topological polar surface area (TPSA) is 69.7 Å². The van der Waals surface area contributed by atoms with E-state index < -0.39 is 5.54 Å². The summed E-state index contributed by atoms with van der Waals surface area (Å²) in [6.07, 6.45) is 0.515. The highest BCUT2D eigenvalue weighted by Crippen LogP contribution is 2.35. The summed E-state index contributed by atoms with van der Waals surface area (Å²) in [6.45, 7) is 4.42. The normalized spacial score (nSPS) is 17.6. The molecule has 0 atom stereocenters. The average Bonchev–Trinajstić information content (AvgIpc) is 2.89. The number of anilines is 2. The van der Waals surface area contributed by atoms with Gasteiger partial charge in [0.15, 0.2) is 0 Å². The second-order valence-electron chi connectivity index (χ2n) is 7.39. The highest BCUT2D eigenvalue weighted by molar-refractivity contribution is 6.21. The third-order valence-electron chi connectivity index (χ3n) is 5.06. The SMILES string of the molecule is CC1(C)Nc2ccccc2N(CCCN2C(=O)c3ccccc3C2=O)C1=O.